The lowest BCUT2D eigenvalue weighted by Gasteiger charge is -2.23. The topological polar surface area (TPSA) is 55.8 Å². The highest BCUT2D eigenvalue weighted by Crippen LogP contribution is 2.52. The highest BCUT2D eigenvalue weighted by atomic mass is 16.6. The largest absolute Gasteiger partial charge is 0.465 e. The first-order chi connectivity index (χ1) is 10.5. The smallest absolute Gasteiger partial charge is 0.312 e. The van der Waals surface area contributed by atoms with Crippen LogP contribution in [0.25, 0.3) is 0 Å². The Morgan fingerprint density at radius 1 is 1.55 bits per heavy atom. The fraction of sp³-hybridized carbons (Fsp3) is 0.765. The van der Waals surface area contributed by atoms with Gasteiger partial charge in [0, 0.05) is 6.54 Å². The molecule has 0 aromatic rings. The minimum absolute atomic E-state index is 0.0480. The van der Waals surface area contributed by atoms with Crippen LogP contribution < -0.4 is 0 Å². The van der Waals surface area contributed by atoms with Gasteiger partial charge in [0.1, 0.15) is 11.5 Å². The van der Waals surface area contributed by atoms with Crippen LogP contribution in [-0.2, 0) is 19.1 Å². The second-order valence-electron chi connectivity index (χ2n) is 7.04. The van der Waals surface area contributed by atoms with Crippen molar-refractivity contribution in [3.63, 3.8) is 0 Å². The van der Waals surface area contributed by atoms with Crippen LogP contribution >= 0.6 is 0 Å². The molecule has 2 fully saturated rings. The molecule has 0 unspecified atom stereocenters. The number of unbranched alkanes of at least 4 members (excludes halogenated alkanes) is 1. The van der Waals surface area contributed by atoms with Crippen molar-refractivity contribution in [1.82, 2.24) is 4.90 Å². The lowest BCUT2D eigenvalue weighted by molar-refractivity contribution is -0.154. The zero-order chi connectivity index (χ0) is 15.9. The summed E-state index contributed by atoms with van der Waals surface area (Å²) < 4.78 is 11.4. The molecule has 3 rings (SSSR count). The number of esters is 1. The predicted octanol–water partition coefficient (Wildman–Crippen LogP) is 1.77. The van der Waals surface area contributed by atoms with Crippen molar-refractivity contribution in [1.29, 1.82) is 0 Å². The van der Waals surface area contributed by atoms with Gasteiger partial charge < -0.3 is 14.4 Å². The average molecular weight is 307 g/mol. The number of ether oxygens (including phenoxy) is 2. The Morgan fingerprint density at radius 2 is 2.32 bits per heavy atom. The van der Waals surface area contributed by atoms with Gasteiger partial charge in [0.2, 0.25) is 5.91 Å². The monoisotopic (exact) mass is 307 g/mol. The van der Waals surface area contributed by atoms with Crippen LogP contribution in [0.15, 0.2) is 12.2 Å². The number of fused-ring (bicyclic) bond motifs is 1. The summed E-state index contributed by atoms with van der Waals surface area (Å²) in [7, 11) is 0. The summed E-state index contributed by atoms with van der Waals surface area (Å²) in [6.07, 6.45) is 5.62. The molecule has 3 aliphatic rings. The normalized spacial score (nSPS) is 35.5. The number of nitrogens with zero attached hydrogens (tertiary/aromatic N) is 1. The van der Waals surface area contributed by atoms with Crippen molar-refractivity contribution < 1.29 is 19.1 Å². The quantitative estimate of drug-likeness (QED) is 0.554. The molecule has 0 N–H and O–H groups in total. The molecule has 4 atom stereocenters. The van der Waals surface area contributed by atoms with E-state index in [1.807, 2.05) is 30.9 Å². The average Bonchev–Trinajstić information content (AvgIpc) is 3.11. The third-order valence-electron chi connectivity index (χ3n) is 4.79. The summed E-state index contributed by atoms with van der Waals surface area (Å²) in [5.41, 5.74) is -0.600. The van der Waals surface area contributed by atoms with Gasteiger partial charge in [-0.1, -0.05) is 39.3 Å². The summed E-state index contributed by atoms with van der Waals surface area (Å²) in [6, 6.07) is 0. The van der Waals surface area contributed by atoms with Crippen LogP contribution in [0.4, 0.5) is 0 Å². The molecule has 2 saturated heterocycles. The van der Waals surface area contributed by atoms with Crippen LogP contribution in [0.5, 0.6) is 0 Å². The minimum atomic E-state index is -0.600. The third-order valence-corrected chi connectivity index (χ3v) is 4.79. The Hall–Kier alpha value is -1.36. The Balaban J connectivity index is 1.76. The zero-order valence-electron chi connectivity index (χ0n) is 13.6. The van der Waals surface area contributed by atoms with Gasteiger partial charge in [0.25, 0.3) is 0 Å². The van der Waals surface area contributed by atoms with Crippen molar-refractivity contribution >= 4 is 11.9 Å². The van der Waals surface area contributed by atoms with Crippen LogP contribution in [0.2, 0.25) is 0 Å². The van der Waals surface area contributed by atoms with Crippen molar-refractivity contribution in [3.05, 3.63) is 12.2 Å². The van der Waals surface area contributed by atoms with Crippen LogP contribution in [0.3, 0.4) is 0 Å². The van der Waals surface area contributed by atoms with Gasteiger partial charge in [0.15, 0.2) is 0 Å². The molecule has 5 heteroatoms. The van der Waals surface area contributed by atoms with E-state index < -0.39 is 17.4 Å². The van der Waals surface area contributed by atoms with E-state index in [0.29, 0.717) is 13.2 Å². The summed E-state index contributed by atoms with van der Waals surface area (Å²) in [6.45, 7) is 7.80. The zero-order valence-corrected chi connectivity index (χ0v) is 13.6. The number of amides is 1. The Kier molecular flexibility index (Phi) is 4.02. The lowest BCUT2D eigenvalue weighted by Crippen LogP contribution is -2.40. The second-order valence-corrected chi connectivity index (χ2v) is 7.04. The van der Waals surface area contributed by atoms with Crippen molar-refractivity contribution in [3.8, 4) is 0 Å². The molecule has 0 aliphatic carbocycles. The van der Waals surface area contributed by atoms with E-state index in [4.69, 9.17) is 9.47 Å². The molecule has 22 heavy (non-hydrogen) atoms. The second kappa shape index (κ2) is 5.69. The van der Waals surface area contributed by atoms with Crippen LogP contribution in [0, 0.1) is 17.8 Å². The molecule has 3 aliphatic heterocycles. The summed E-state index contributed by atoms with van der Waals surface area (Å²) in [4.78, 5) is 27.0. The molecule has 0 radical (unpaired) electrons. The van der Waals surface area contributed by atoms with E-state index in [2.05, 4.69) is 6.92 Å². The summed E-state index contributed by atoms with van der Waals surface area (Å²) >= 11 is 0. The predicted molar refractivity (Wildman–Crippen MR) is 81.0 cm³/mol. The van der Waals surface area contributed by atoms with E-state index in [9.17, 15) is 9.59 Å². The highest BCUT2D eigenvalue weighted by Gasteiger charge is 2.67. The van der Waals surface area contributed by atoms with Gasteiger partial charge in [-0.3, -0.25) is 9.59 Å². The fourth-order valence-corrected chi connectivity index (χ4v) is 3.73. The molecule has 1 amide bonds. The molecule has 0 aromatic heterocycles. The first-order valence-corrected chi connectivity index (χ1v) is 8.31. The first kappa shape index (κ1) is 15.5. The van der Waals surface area contributed by atoms with Gasteiger partial charge in [-0.05, 0) is 12.3 Å². The Morgan fingerprint density at radius 3 is 3.00 bits per heavy atom. The van der Waals surface area contributed by atoms with Gasteiger partial charge in [-0.2, -0.15) is 0 Å². The van der Waals surface area contributed by atoms with Gasteiger partial charge in [0.05, 0.1) is 25.2 Å². The number of carbonyl (C=O) groups excluding carboxylic acids is 2. The van der Waals surface area contributed by atoms with Gasteiger partial charge in [-0.15, -0.1) is 0 Å². The van der Waals surface area contributed by atoms with E-state index in [-0.39, 0.29) is 23.9 Å². The molecule has 2 bridgehead atoms. The van der Waals surface area contributed by atoms with Crippen LogP contribution in [-0.4, -0.2) is 48.2 Å². The number of rotatable bonds is 6. The van der Waals surface area contributed by atoms with Crippen LogP contribution in [0.1, 0.15) is 33.6 Å². The maximum atomic E-state index is 12.7. The van der Waals surface area contributed by atoms with Gasteiger partial charge in [-0.25, -0.2) is 0 Å². The first-order valence-electron chi connectivity index (χ1n) is 8.31. The number of likely N-dealkylation sites (tertiary alicyclic amines) is 1. The number of carbonyl (C=O) groups is 2. The van der Waals surface area contributed by atoms with E-state index in [1.54, 1.807) is 0 Å². The number of hydrogen-bond acceptors (Lipinski definition) is 4. The summed E-state index contributed by atoms with van der Waals surface area (Å²) in [5.74, 6) is -0.845. The summed E-state index contributed by atoms with van der Waals surface area (Å²) in [5, 5.41) is 0. The minimum Gasteiger partial charge on any atom is -0.465 e. The lowest BCUT2D eigenvalue weighted by atomic mass is 9.77. The SMILES string of the molecule is CCCCN1C[C@@]23C=C[C@@H](O2)[C@H](C(=O)OCC(C)C)[C@H]3C1=O. The van der Waals surface area contributed by atoms with E-state index >= 15 is 0 Å². The maximum absolute atomic E-state index is 12.7. The van der Waals surface area contributed by atoms with E-state index in [1.165, 1.54) is 0 Å². The highest BCUT2D eigenvalue weighted by molar-refractivity contribution is 5.91. The fourth-order valence-electron chi connectivity index (χ4n) is 3.73. The molecule has 1 spiro atoms. The number of hydrogen-bond donors (Lipinski definition) is 0. The standard InChI is InChI=1S/C17H25NO4/c1-4-5-8-18-10-17-7-6-12(22-17)13(14(17)15(18)19)16(20)21-9-11(2)3/h6-7,11-14H,4-5,8-10H2,1-3H3/t12-,13+,14+,17-/m1/s1. The van der Waals surface area contributed by atoms with Crippen molar-refractivity contribution in [2.75, 3.05) is 19.7 Å². The molecular formula is C17H25NO4. The van der Waals surface area contributed by atoms with Crippen molar-refractivity contribution in [2.45, 2.75) is 45.3 Å². The molecule has 0 aromatic carbocycles. The third kappa shape index (κ3) is 2.35. The Labute approximate surface area is 131 Å². The van der Waals surface area contributed by atoms with Crippen molar-refractivity contribution in [2.24, 2.45) is 17.8 Å². The molecule has 5 nitrogen and oxygen atoms in total. The Bertz CT molecular complexity index is 501. The molecule has 0 saturated carbocycles. The molecule has 3 heterocycles. The van der Waals surface area contributed by atoms with E-state index in [0.717, 1.165) is 19.4 Å². The maximum Gasteiger partial charge on any atom is 0.312 e. The molecular weight excluding hydrogens is 282 g/mol. The van der Waals surface area contributed by atoms with Gasteiger partial charge >= 0.3 is 5.97 Å². The molecule has 122 valence electrons.